The summed E-state index contributed by atoms with van der Waals surface area (Å²) < 4.78 is 9.33. The summed E-state index contributed by atoms with van der Waals surface area (Å²) in [7, 11) is 1.22. The van der Waals surface area contributed by atoms with Gasteiger partial charge in [0.05, 0.1) is 12.5 Å². The molecular formula is C11H9NO4. The third-order valence-corrected chi connectivity index (χ3v) is 2.19. The summed E-state index contributed by atoms with van der Waals surface area (Å²) in [5.74, 6) is 0.299. The van der Waals surface area contributed by atoms with Crippen LogP contribution in [0.4, 0.5) is 4.79 Å². The Bertz CT molecular complexity index is 544. The van der Waals surface area contributed by atoms with Crippen LogP contribution in [0.25, 0.3) is 10.9 Å². The van der Waals surface area contributed by atoms with Gasteiger partial charge in [0.15, 0.2) is 6.29 Å². The van der Waals surface area contributed by atoms with Crippen LogP contribution in [0.3, 0.4) is 0 Å². The van der Waals surface area contributed by atoms with Gasteiger partial charge in [0.1, 0.15) is 5.75 Å². The third-order valence-electron chi connectivity index (χ3n) is 2.19. The van der Waals surface area contributed by atoms with Gasteiger partial charge in [-0.3, -0.25) is 4.79 Å². The second-order valence-electron chi connectivity index (χ2n) is 3.10. The predicted octanol–water partition coefficient (Wildman–Crippen LogP) is 2.13. The number of aromatic amines is 1. The highest BCUT2D eigenvalue weighted by atomic mass is 16.7. The van der Waals surface area contributed by atoms with Crippen LogP contribution >= 0.6 is 0 Å². The van der Waals surface area contributed by atoms with Crippen molar-refractivity contribution in [3.8, 4) is 5.75 Å². The van der Waals surface area contributed by atoms with Crippen molar-refractivity contribution in [1.82, 2.24) is 4.98 Å². The van der Waals surface area contributed by atoms with Crippen molar-refractivity contribution >= 4 is 23.3 Å². The van der Waals surface area contributed by atoms with Crippen molar-refractivity contribution in [2.45, 2.75) is 0 Å². The third kappa shape index (κ3) is 1.63. The molecule has 1 heterocycles. The number of benzene rings is 1. The topological polar surface area (TPSA) is 68.4 Å². The number of rotatable bonds is 2. The molecule has 5 heteroatoms. The van der Waals surface area contributed by atoms with E-state index in [1.807, 2.05) is 0 Å². The predicted molar refractivity (Wildman–Crippen MR) is 56.7 cm³/mol. The van der Waals surface area contributed by atoms with Crippen LogP contribution < -0.4 is 4.74 Å². The lowest BCUT2D eigenvalue weighted by atomic mass is 10.2. The van der Waals surface area contributed by atoms with Crippen molar-refractivity contribution in [2.24, 2.45) is 0 Å². The highest BCUT2D eigenvalue weighted by Crippen LogP contribution is 2.27. The first-order valence-electron chi connectivity index (χ1n) is 4.57. The summed E-state index contributed by atoms with van der Waals surface area (Å²) in [6.45, 7) is 0. The number of carbonyl (C=O) groups excluding carboxylic acids is 2. The van der Waals surface area contributed by atoms with Crippen molar-refractivity contribution in [2.75, 3.05) is 7.11 Å². The lowest BCUT2D eigenvalue weighted by Gasteiger charge is -2.04. The van der Waals surface area contributed by atoms with Gasteiger partial charge in [-0.1, -0.05) is 6.07 Å². The van der Waals surface area contributed by atoms with Crippen molar-refractivity contribution in [3.63, 3.8) is 0 Å². The quantitative estimate of drug-likeness (QED) is 0.477. The molecule has 0 radical (unpaired) electrons. The van der Waals surface area contributed by atoms with E-state index in [4.69, 9.17) is 4.74 Å². The maximum atomic E-state index is 11.0. The van der Waals surface area contributed by atoms with E-state index in [-0.39, 0.29) is 0 Å². The molecule has 16 heavy (non-hydrogen) atoms. The van der Waals surface area contributed by atoms with Gasteiger partial charge in [-0.2, -0.15) is 0 Å². The van der Waals surface area contributed by atoms with Crippen molar-refractivity contribution in [1.29, 1.82) is 0 Å². The lowest BCUT2D eigenvalue weighted by Crippen LogP contribution is -2.07. The van der Waals surface area contributed by atoms with E-state index < -0.39 is 6.16 Å². The van der Waals surface area contributed by atoms with Crippen LogP contribution in [0.2, 0.25) is 0 Å². The minimum absolute atomic E-state index is 0.299. The van der Waals surface area contributed by atoms with Crippen LogP contribution in [0.15, 0.2) is 24.4 Å². The standard InChI is InChI=1S/C11H9NO4/c1-15-11(14)16-9-4-2-3-8-10(9)7(6-13)5-12-8/h2-6,12H,1H3. The molecule has 82 valence electrons. The monoisotopic (exact) mass is 219 g/mol. The fraction of sp³-hybridized carbons (Fsp3) is 0.0909. The Morgan fingerprint density at radius 1 is 1.44 bits per heavy atom. The Balaban J connectivity index is 2.55. The molecule has 0 bridgehead atoms. The van der Waals surface area contributed by atoms with Gasteiger partial charge in [0.2, 0.25) is 0 Å². The average molecular weight is 219 g/mol. The van der Waals surface area contributed by atoms with Gasteiger partial charge in [0, 0.05) is 17.3 Å². The largest absolute Gasteiger partial charge is 0.513 e. The number of hydrogen-bond acceptors (Lipinski definition) is 4. The summed E-state index contributed by atoms with van der Waals surface area (Å²) in [5, 5.41) is 0.572. The molecule has 0 fully saturated rings. The van der Waals surface area contributed by atoms with Crippen LogP contribution in [0, 0.1) is 0 Å². The maximum Gasteiger partial charge on any atom is 0.513 e. The number of H-pyrrole nitrogens is 1. The molecule has 1 aromatic heterocycles. The lowest BCUT2D eigenvalue weighted by molar-refractivity contribution is 0.112. The highest BCUT2D eigenvalue weighted by molar-refractivity contribution is 6.01. The summed E-state index contributed by atoms with van der Waals surface area (Å²) in [5.41, 5.74) is 1.16. The number of ether oxygens (including phenoxy) is 2. The van der Waals surface area contributed by atoms with E-state index in [2.05, 4.69) is 9.72 Å². The normalized spacial score (nSPS) is 10.1. The fourth-order valence-corrected chi connectivity index (χ4v) is 1.49. The van der Waals surface area contributed by atoms with Crippen LogP contribution in [0.5, 0.6) is 5.75 Å². The van der Waals surface area contributed by atoms with Crippen molar-refractivity contribution < 1.29 is 19.1 Å². The number of nitrogens with one attached hydrogen (secondary N) is 1. The SMILES string of the molecule is COC(=O)Oc1cccc2[nH]cc(C=O)c12. The van der Waals surface area contributed by atoms with Crippen LogP contribution in [-0.2, 0) is 4.74 Å². The summed E-state index contributed by atoms with van der Waals surface area (Å²) >= 11 is 0. The molecule has 0 aliphatic heterocycles. The van der Waals surface area contributed by atoms with E-state index in [0.29, 0.717) is 23.0 Å². The van der Waals surface area contributed by atoms with Crippen molar-refractivity contribution in [3.05, 3.63) is 30.0 Å². The summed E-state index contributed by atoms with van der Waals surface area (Å²) in [6.07, 6.45) is 1.44. The van der Waals surface area contributed by atoms with Gasteiger partial charge < -0.3 is 14.5 Å². The first kappa shape index (κ1) is 10.2. The van der Waals surface area contributed by atoms with Crippen LogP contribution in [0.1, 0.15) is 10.4 Å². The first-order chi connectivity index (χ1) is 7.76. The molecule has 2 aromatic rings. The van der Waals surface area contributed by atoms with E-state index in [1.54, 1.807) is 24.4 Å². The molecule has 1 aromatic carbocycles. The minimum atomic E-state index is -0.814. The number of fused-ring (bicyclic) bond motifs is 1. The van der Waals surface area contributed by atoms with E-state index in [0.717, 1.165) is 5.52 Å². The second kappa shape index (κ2) is 4.06. The average Bonchev–Trinajstić information content (AvgIpc) is 2.73. The minimum Gasteiger partial charge on any atom is -0.437 e. The zero-order valence-electron chi connectivity index (χ0n) is 8.52. The molecule has 1 N–H and O–H groups in total. The fourth-order valence-electron chi connectivity index (χ4n) is 1.49. The molecule has 0 spiro atoms. The first-order valence-corrected chi connectivity index (χ1v) is 4.57. The van der Waals surface area contributed by atoms with Gasteiger partial charge >= 0.3 is 6.16 Å². The Morgan fingerprint density at radius 2 is 2.25 bits per heavy atom. The van der Waals surface area contributed by atoms with E-state index >= 15 is 0 Å². The molecule has 0 atom stereocenters. The second-order valence-corrected chi connectivity index (χ2v) is 3.10. The molecule has 0 saturated carbocycles. The molecule has 0 amide bonds. The van der Waals surface area contributed by atoms with Crippen LogP contribution in [-0.4, -0.2) is 24.5 Å². The Hall–Kier alpha value is -2.30. The number of carbonyl (C=O) groups is 2. The number of aromatic nitrogens is 1. The molecule has 0 aliphatic carbocycles. The Labute approximate surface area is 91.0 Å². The Kier molecular flexibility index (Phi) is 2.59. The zero-order valence-corrected chi connectivity index (χ0v) is 8.52. The molecule has 0 unspecified atom stereocenters. The number of methoxy groups -OCH3 is 1. The van der Waals surface area contributed by atoms with Gasteiger partial charge in [-0.15, -0.1) is 0 Å². The molecule has 0 aliphatic rings. The van der Waals surface area contributed by atoms with Gasteiger partial charge in [0.25, 0.3) is 0 Å². The summed E-state index contributed by atoms with van der Waals surface area (Å²) in [6, 6.07) is 5.10. The summed E-state index contributed by atoms with van der Waals surface area (Å²) in [4.78, 5) is 24.7. The molecular weight excluding hydrogens is 210 g/mol. The smallest absolute Gasteiger partial charge is 0.437 e. The Morgan fingerprint density at radius 3 is 2.94 bits per heavy atom. The molecule has 5 nitrogen and oxygen atoms in total. The van der Waals surface area contributed by atoms with Gasteiger partial charge in [-0.05, 0) is 12.1 Å². The van der Waals surface area contributed by atoms with E-state index in [1.165, 1.54) is 7.11 Å². The number of hydrogen-bond donors (Lipinski definition) is 1. The highest BCUT2D eigenvalue weighted by Gasteiger charge is 2.12. The number of aldehydes is 1. The zero-order chi connectivity index (χ0) is 11.5. The maximum absolute atomic E-state index is 11.0. The molecule has 0 saturated heterocycles. The van der Waals surface area contributed by atoms with E-state index in [9.17, 15) is 9.59 Å². The molecule has 2 rings (SSSR count). The van der Waals surface area contributed by atoms with Gasteiger partial charge in [-0.25, -0.2) is 4.79 Å².